The topological polar surface area (TPSA) is 28.7 Å². The lowest BCUT2D eigenvalue weighted by atomic mass is 10.1. The van der Waals surface area contributed by atoms with Crippen molar-refractivity contribution in [3.05, 3.63) is 71.7 Å². The van der Waals surface area contributed by atoms with Gasteiger partial charge in [-0.15, -0.1) is 0 Å². The van der Waals surface area contributed by atoms with Crippen molar-refractivity contribution in [3.8, 4) is 6.07 Å². The van der Waals surface area contributed by atoms with Gasteiger partial charge in [0.05, 0.1) is 11.6 Å². The van der Waals surface area contributed by atoms with E-state index in [1.165, 1.54) is 12.1 Å². The molecule has 0 unspecified atom stereocenters. The second kappa shape index (κ2) is 4.58. The first kappa shape index (κ1) is 11.5. The fourth-order valence-electron chi connectivity index (χ4n) is 2.28. The molecule has 0 aliphatic heterocycles. The van der Waals surface area contributed by atoms with Gasteiger partial charge in [-0.1, -0.05) is 18.2 Å². The van der Waals surface area contributed by atoms with E-state index in [0.29, 0.717) is 12.1 Å². The van der Waals surface area contributed by atoms with Crippen LogP contribution in [0.5, 0.6) is 0 Å². The van der Waals surface area contributed by atoms with Gasteiger partial charge >= 0.3 is 0 Å². The molecule has 0 amide bonds. The van der Waals surface area contributed by atoms with Gasteiger partial charge in [0.2, 0.25) is 0 Å². The van der Waals surface area contributed by atoms with Gasteiger partial charge < -0.3 is 4.57 Å². The van der Waals surface area contributed by atoms with Crippen LogP contribution in [-0.4, -0.2) is 4.57 Å². The largest absolute Gasteiger partial charge is 0.343 e. The van der Waals surface area contributed by atoms with E-state index in [1.807, 2.05) is 47.2 Å². The van der Waals surface area contributed by atoms with Crippen molar-refractivity contribution < 1.29 is 4.39 Å². The number of hydrogen-bond donors (Lipinski definition) is 0. The highest BCUT2D eigenvalue weighted by atomic mass is 19.1. The minimum absolute atomic E-state index is 0.353. The number of para-hydroxylation sites is 1. The Morgan fingerprint density at radius 2 is 1.95 bits per heavy atom. The van der Waals surface area contributed by atoms with E-state index < -0.39 is 0 Å². The van der Waals surface area contributed by atoms with Crippen LogP contribution in [0, 0.1) is 17.1 Å². The molecule has 0 radical (unpaired) electrons. The molecule has 3 aromatic rings. The Hall–Kier alpha value is -2.60. The Balaban J connectivity index is 2.02. The van der Waals surface area contributed by atoms with E-state index in [4.69, 9.17) is 5.26 Å². The second-order valence-corrected chi connectivity index (χ2v) is 4.46. The van der Waals surface area contributed by atoms with Gasteiger partial charge in [-0.2, -0.15) is 5.26 Å². The molecule has 3 heteroatoms. The van der Waals surface area contributed by atoms with Crippen LogP contribution in [-0.2, 0) is 6.54 Å². The van der Waals surface area contributed by atoms with Crippen LogP contribution in [0.4, 0.5) is 4.39 Å². The Labute approximate surface area is 110 Å². The van der Waals surface area contributed by atoms with Crippen LogP contribution in [0.2, 0.25) is 0 Å². The third-order valence-corrected chi connectivity index (χ3v) is 3.12. The molecular formula is C16H11FN2. The lowest BCUT2D eigenvalue weighted by molar-refractivity contribution is 0.623. The van der Waals surface area contributed by atoms with Crippen LogP contribution in [0.3, 0.4) is 0 Å². The molecule has 0 saturated carbocycles. The molecular weight excluding hydrogens is 239 g/mol. The summed E-state index contributed by atoms with van der Waals surface area (Å²) in [6.07, 6.45) is 1.97. The number of benzene rings is 2. The number of rotatable bonds is 2. The summed E-state index contributed by atoms with van der Waals surface area (Å²) in [5, 5.41) is 10.0. The van der Waals surface area contributed by atoms with Crippen LogP contribution in [0.15, 0.2) is 54.7 Å². The number of nitriles is 1. The van der Waals surface area contributed by atoms with Gasteiger partial charge in [-0.25, -0.2) is 4.39 Å². The highest BCUT2D eigenvalue weighted by Gasteiger charge is 2.04. The Bertz CT molecular complexity index is 781. The molecule has 0 spiro atoms. The molecule has 0 fully saturated rings. The Morgan fingerprint density at radius 1 is 1.11 bits per heavy atom. The minimum Gasteiger partial charge on any atom is -0.343 e. The SMILES string of the molecule is N#Cc1cc(F)cc(Cn2ccc3ccccc32)c1. The summed E-state index contributed by atoms with van der Waals surface area (Å²) in [5.74, 6) is -0.370. The zero-order valence-corrected chi connectivity index (χ0v) is 10.2. The van der Waals surface area contributed by atoms with Crippen LogP contribution >= 0.6 is 0 Å². The average Bonchev–Trinajstić information content (AvgIpc) is 2.82. The summed E-state index contributed by atoms with van der Waals surface area (Å²) >= 11 is 0. The van der Waals surface area contributed by atoms with Crippen molar-refractivity contribution >= 4 is 10.9 Å². The van der Waals surface area contributed by atoms with Gasteiger partial charge in [0.25, 0.3) is 0 Å². The van der Waals surface area contributed by atoms with Gasteiger partial charge in [0.15, 0.2) is 0 Å². The number of halogens is 1. The maximum atomic E-state index is 13.4. The van der Waals surface area contributed by atoms with Crippen LogP contribution in [0.25, 0.3) is 10.9 Å². The molecule has 1 aromatic heterocycles. The van der Waals surface area contributed by atoms with Gasteiger partial charge in [0, 0.05) is 18.3 Å². The highest BCUT2D eigenvalue weighted by molar-refractivity contribution is 5.80. The summed E-state index contributed by atoms with van der Waals surface area (Å²) in [6, 6.07) is 16.5. The average molecular weight is 250 g/mol. The first-order valence-electron chi connectivity index (χ1n) is 6.00. The summed E-state index contributed by atoms with van der Waals surface area (Å²) < 4.78 is 15.4. The summed E-state index contributed by atoms with van der Waals surface area (Å²) in [5.41, 5.74) is 2.25. The van der Waals surface area contributed by atoms with E-state index in [9.17, 15) is 4.39 Å². The van der Waals surface area contributed by atoms with Crippen molar-refractivity contribution in [2.24, 2.45) is 0 Å². The van der Waals surface area contributed by atoms with Crippen molar-refractivity contribution in [1.82, 2.24) is 4.57 Å². The summed E-state index contributed by atoms with van der Waals surface area (Å²) in [7, 11) is 0. The third-order valence-electron chi connectivity index (χ3n) is 3.12. The quantitative estimate of drug-likeness (QED) is 0.681. The number of fused-ring (bicyclic) bond motifs is 1. The predicted octanol–water partition coefficient (Wildman–Crippen LogP) is 3.70. The molecule has 0 aliphatic rings. The molecule has 0 atom stereocenters. The Morgan fingerprint density at radius 3 is 2.79 bits per heavy atom. The summed E-state index contributed by atoms with van der Waals surface area (Å²) in [6.45, 7) is 0.556. The smallest absolute Gasteiger partial charge is 0.124 e. The Kier molecular flexibility index (Phi) is 2.77. The van der Waals surface area contributed by atoms with E-state index in [0.717, 1.165) is 16.5 Å². The second-order valence-electron chi connectivity index (χ2n) is 4.46. The van der Waals surface area contributed by atoms with Gasteiger partial charge in [-0.05, 0) is 41.3 Å². The summed E-state index contributed by atoms with van der Waals surface area (Å²) in [4.78, 5) is 0. The lowest BCUT2D eigenvalue weighted by Crippen LogP contribution is -1.99. The molecule has 92 valence electrons. The normalized spacial score (nSPS) is 10.5. The van der Waals surface area contributed by atoms with E-state index in [-0.39, 0.29) is 5.82 Å². The van der Waals surface area contributed by atoms with Crippen molar-refractivity contribution in [1.29, 1.82) is 5.26 Å². The van der Waals surface area contributed by atoms with Gasteiger partial charge in [0.1, 0.15) is 5.82 Å². The minimum atomic E-state index is -0.370. The standard InChI is InChI=1S/C16H11FN2/c17-15-8-12(10-18)7-13(9-15)11-19-6-5-14-3-1-2-4-16(14)19/h1-9H,11H2. The zero-order chi connectivity index (χ0) is 13.2. The molecule has 0 bridgehead atoms. The number of hydrogen-bond acceptors (Lipinski definition) is 1. The predicted molar refractivity (Wildman–Crippen MR) is 72.2 cm³/mol. The van der Waals surface area contributed by atoms with Crippen molar-refractivity contribution in [2.45, 2.75) is 6.54 Å². The highest BCUT2D eigenvalue weighted by Crippen LogP contribution is 2.17. The molecule has 0 N–H and O–H groups in total. The molecule has 19 heavy (non-hydrogen) atoms. The molecule has 2 aromatic carbocycles. The third kappa shape index (κ3) is 2.21. The zero-order valence-electron chi connectivity index (χ0n) is 10.2. The molecule has 2 nitrogen and oxygen atoms in total. The number of aromatic nitrogens is 1. The van der Waals surface area contributed by atoms with Crippen molar-refractivity contribution in [3.63, 3.8) is 0 Å². The first-order chi connectivity index (χ1) is 9.26. The molecule has 0 saturated heterocycles. The lowest BCUT2D eigenvalue weighted by Gasteiger charge is -2.06. The number of nitrogens with zero attached hydrogens (tertiary/aromatic N) is 2. The van der Waals surface area contributed by atoms with Gasteiger partial charge in [-0.3, -0.25) is 0 Å². The van der Waals surface area contributed by atoms with Crippen molar-refractivity contribution in [2.75, 3.05) is 0 Å². The molecule has 0 aliphatic carbocycles. The maximum absolute atomic E-state index is 13.4. The van der Waals surface area contributed by atoms with Crippen LogP contribution < -0.4 is 0 Å². The first-order valence-corrected chi connectivity index (χ1v) is 6.00. The van der Waals surface area contributed by atoms with E-state index in [1.54, 1.807) is 6.07 Å². The monoisotopic (exact) mass is 250 g/mol. The fraction of sp³-hybridized carbons (Fsp3) is 0.0625. The van der Waals surface area contributed by atoms with Crippen LogP contribution in [0.1, 0.15) is 11.1 Å². The van der Waals surface area contributed by atoms with E-state index in [2.05, 4.69) is 0 Å². The maximum Gasteiger partial charge on any atom is 0.124 e. The van der Waals surface area contributed by atoms with E-state index >= 15 is 0 Å². The fourth-order valence-corrected chi connectivity index (χ4v) is 2.28. The molecule has 1 heterocycles. The molecule has 3 rings (SSSR count).